The summed E-state index contributed by atoms with van der Waals surface area (Å²) in [6, 6.07) is 8.69. The normalized spacial score (nSPS) is 14.1. The van der Waals surface area contributed by atoms with Crippen molar-refractivity contribution in [1.29, 1.82) is 0 Å². The molecular formula is C20H44O4P2Si4. The summed E-state index contributed by atoms with van der Waals surface area (Å²) >= 11 is 0. The van der Waals surface area contributed by atoms with Crippen molar-refractivity contribution in [2.75, 3.05) is 0 Å². The summed E-state index contributed by atoms with van der Waals surface area (Å²) in [5.74, 6) is 0. The molecule has 1 aromatic carbocycles. The fraction of sp³-hybridized carbons (Fsp3) is 0.700. The van der Waals surface area contributed by atoms with Crippen LogP contribution in [0.5, 0.6) is 0 Å². The van der Waals surface area contributed by atoms with Gasteiger partial charge in [0.05, 0.1) is 0 Å². The Labute approximate surface area is 192 Å². The summed E-state index contributed by atoms with van der Waals surface area (Å²) in [4.78, 5) is 0. The Morgan fingerprint density at radius 1 is 0.500 bits per heavy atom. The van der Waals surface area contributed by atoms with E-state index < -0.39 is 50.0 Å². The first kappa shape index (κ1) is 28.8. The molecule has 0 bridgehead atoms. The van der Waals surface area contributed by atoms with Gasteiger partial charge in [0.1, 0.15) is 0 Å². The van der Waals surface area contributed by atoms with Crippen molar-refractivity contribution < 1.29 is 16.9 Å². The third-order valence-electron chi connectivity index (χ3n) is 3.22. The fourth-order valence-electron chi connectivity index (χ4n) is 2.53. The van der Waals surface area contributed by atoms with E-state index in [1.165, 1.54) is 11.1 Å². The van der Waals surface area contributed by atoms with E-state index in [2.05, 4.69) is 103 Å². The second-order valence-electron chi connectivity index (χ2n) is 11.6. The maximum Gasteiger partial charge on any atom is 0.191 e. The van der Waals surface area contributed by atoms with Gasteiger partial charge in [0.2, 0.25) is 0 Å². The molecule has 0 aromatic heterocycles. The topological polar surface area (TPSA) is 36.9 Å². The van der Waals surface area contributed by atoms with Gasteiger partial charge in [-0.25, -0.2) is 0 Å². The quantitative estimate of drug-likeness (QED) is 0.203. The zero-order valence-electron chi connectivity index (χ0n) is 21.3. The minimum atomic E-state index is -1.70. The number of rotatable bonds is 12. The largest absolute Gasteiger partial charge is 0.376 e. The van der Waals surface area contributed by atoms with Crippen LogP contribution in [0, 0.1) is 0 Å². The summed E-state index contributed by atoms with van der Waals surface area (Å²) in [7, 11) is -8.66. The summed E-state index contributed by atoms with van der Waals surface area (Å²) in [6.45, 7) is 26.9. The maximum atomic E-state index is 6.51. The average molecular weight is 523 g/mol. The van der Waals surface area contributed by atoms with Crippen LogP contribution >= 0.6 is 16.8 Å². The van der Waals surface area contributed by atoms with Crippen LogP contribution in [-0.4, -0.2) is 33.3 Å². The molecule has 4 nitrogen and oxygen atoms in total. The van der Waals surface area contributed by atoms with Crippen molar-refractivity contribution >= 4 is 50.0 Å². The molecular weight excluding hydrogens is 479 g/mol. The highest BCUT2D eigenvalue weighted by Gasteiger charge is 2.31. The van der Waals surface area contributed by atoms with E-state index in [4.69, 9.17) is 16.9 Å². The van der Waals surface area contributed by atoms with E-state index in [1.54, 1.807) is 0 Å². The SMILES string of the molecule is C[Si](C)(C)OP(Cc1ccccc1CP(O[Si](C)(C)C)O[Si](C)(C)C)O[Si](C)(C)C. The molecule has 1 rings (SSSR count). The maximum absolute atomic E-state index is 6.51. The van der Waals surface area contributed by atoms with E-state index in [9.17, 15) is 0 Å². The van der Waals surface area contributed by atoms with E-state index >= 15 is 0 Å². The van der Waals surface area contributed by atoms with Gasteiger partial charge in [-0.2, -0.15) is 0 Å². The lowest BCUT2D eigenvalue weighted by Gasteiger charge is -2.32. The highest BCUT2D eigenvalue weighted by molar-refractivity contribution is 7.50. The molecule has 0 saturated heterocycles. The van der Waals surface area contributed by atoms with Gasteiger partial charge in [-0.3, -0.25) is 0 Å². The lowest BCUT2D eigenvalue weighted by molar-refractivity contribution is 0.483. The molecule has 0 fully saturated rings. The summed E-state index contributed by atoms with van der Waals surface area (Å²) in [5.41, 5.74) is 2.62. The van der Waals surface area contributed by atoms with Gasteiger partial charge in [0, 0.05) is 12.3 Å². The molecule has 0 heterocycles. The minimum Gasteiger partial charge on any atom is -0.376 e. The van der Waals surface area contributed by atoms with Gasteiger partial charge in [-0.15, -0.1) is 0 Å². The van der Waals surface area contributed by atoms with Gasteiger partial charge in [0.15, 0.2) is 50.0 Å². The molecule has 0 aliphatic heterocycles. The van der Waals surface area contributed by atoms with Crippen LogP contribution in [0.15, 0.2) is 24.3 Å². The van der Waals surface area contributed by atoms with Crippen LogP contribution in [0.4, 0.5) is 0 Å². The van der Waals surface area contributed by atoms with Crippen LogP contribution in [-0.2, 0) is 29.2 Å². The third kappa shape index (κ3) is 14.0. The second-order valence-corrected chi connectivity index (χ2v) is 33.3. The lowest BCUT2D eigenvalue weighted by Crippen LogP contribution is -2.29. The van der Waals surface area contributed by atoms with E-state index in [1.807, 2.05) is 0 Å². The van der Waals surface area contributed by atoms with E-state index in [-0.39, 0.29) is 0 Å². The minimum absolute atomic E-state index is 0.836. The smallest absolute Gasteiger partial charge is 0.191 e. The molecule has 0 atom stereocenters. The molecule has 0 radical (unpaired) electrons. The molecule has 0 N–H and O–H groups in total. The van der Waals surface area contributed by atoms with Gasteiger partial charge in [-0.05, 0) is 89.7 Å². The first-order valence-corrected chi connectivity index (χ1v) is 27.1. The van der Waals surface area contributed by atoms with Crippen LogP contribution < -0.4 is 0 Å². The van der Waals surface area contributed by atoms with Crippen molar-refractivity contribution in [2.45, 2.75) is 90.9 Å². The third-order valence-corrected chi connectivity index (χ3v) is 16.4. The predicted octanol–water partition coefficient (Wildman–Crippen LogP) is 8.72. The van der Waals surface area contributed by atoms with Gasteiger partial charge >= 0.3 is 0 Å². The van der Waals surface area contributed by atoms with Gasteiger partial charge in [0.25, 0.3) is 0 Å². The molecule has 0 saturated carbocycles. The second kappa shape index (κ2) is 11.3. The average Bonchev–Trinajstić information content (AvgIpc) is 2.41. The van der Waals surface area contributed by atoms with Crippen molar-refractivity contribution in [1.82, 2.24) is 0 Å². The molecule has 30 heavy (non-hydrogen) atoms. The zero-order chi connectivity index (χ0) is 23.4. The molecule has 1 aromatic rings. The van der Waals surface area contributed by atoms with Crippen molar-refractivity contribution in [3.8, 4) is 0 Å². The van der Waals surface area contributed by atoms with Crippen LogP contribution in [0.25, 0.3) is 0 Å². The highest BCUT2D eigenvalue weighted by Crippen LogP contribution is 2.51. The molecule has 0 unspecified atom stereocenters. The van der Waals surface area contributed by atoms with E-state index in [0.29, 0.717) is 0 Å². The van der Waals surface area contributed by atoms with Crippen LogP contribution in [0.1, 0.15) is 11.1 Å². The van der Waals surface area contributed by atoms with Crippen molar-refractivity contribution in [2.24, 2.45) is 0 Å². The predicted molar refractivity (Wildman–Crippen MR) is 145 cm³/mol. The van der Waals surface area contributed by atoms with Crippen LogP contribution in [0.2, 0.25) is 78.6 Å². The molecule has 174 valence electrons. The Bertz CT molecular complexity index is 575. The first-order chi connectivity index (χ1) is 13.3. The number of benzene rings is 1. The monoisotopic (exact) mass is 522 g/mol. The summed E-state index contributed by atoms with van der Waals surface area (Å²) in [5, 5.41) is 0. The highest BCUT2D eigenvalue weighted by atomic mass is 31.2. The number of hydrogen-bond acceptors (Lipinski definition) is 4. The summed E-state index contributed by atoms with van der Waals surface area (Å²) in [6.07, 6.45) is 1.67. The Morgan fingerprint density at radius 2 is 0.733 bits per heavy atom. The molecule has 0 spiro atoms. The van der Waals surface area contributed by atoms with Gasteiger partial charge < -0.3 is 16.9 Å². The van der Waals surface area contributed by atoms with Crippen molar-refractivity contribution in [3.05, 3.63) is 35.4 Å². The molecule has 0 aliphatic carbocycles. The standard InChI is InChI=1S/C20H44O4P2Si4/c1-27(2,3)21-25(22-28(4,5)6)17-19-15-13-14-16-20(19)18-26(23-29(7,8)9)24-30(10,11)12/h13-16H,17-18H2,1-12H3. The molecule has 0 aliphatic rings. The van der Waals surface area contributed by atoms with Crippen molar-refractivity contribution in [3.63, 3.8) is 0 Å². The fourth-order valence-corrected chi connectivity index (χ4v) is 15.5. The lowest BCUT2D eigenvalue weighted by atomic mass is 10.1. The first-order valence-electron chi connectivity index (χ1n) is 10.7. The summed E-state index contributed by atoms with van der Waals surface area (Å²) < 4.78 is 26.0. The Kier molecular flexibility index (Phi) is 10.8. The van der Waals surface area contributed by atoms with E-state index in [0.717, 1.165) is 12.3 Å². The van der Waals surface area contributed by atoms with Gasteiger partial charge in [-0.1, -0.05) is 24.3 Å². The Hall–Kier alpha value is 0.788. The molecule has 10 heteroatoms. The molecule has 0 amide bonds. The number of hydrogen-bond donors (Lipinski definition) is 0. The van der Waals surface area contributed by atoms with Crippen LogP contribution in [0.3, 0.4) is 0 Å². The Balaban J connectivity index is 3.12. The Morgan fingerprint density at radius 3 is 0.933 bits per heavy atom. The zero-order valence-corrected chi connectivity index (χ0v) is 27.0.